The normalized spacial score (nSPS) is 12.6. The summed E-state index contributed by atoms with van der Waals surface area (Å²) >= 11 is 1.86. The van der Waals surface area contributed by atoms with Gasteiger partial charge in [-0.3, -0.25) is 0 Å². The summed E-state index contributed by atoms with van der Waals surface area (Å²) in [5.41, 5.74) is -5.49. The summed E-state index contributed by atoms with van der Waals surface area (Å²) in [4.78, 5) is 2.50. The van der Waals surface area contributed by atoms with Crippen LogP contribution in [-0.4, -0.2) is 18.9 Å². The maximum Gasteiger partial charge on any atom is 0.501 e. The van der Waals surface area contributed by atoms with Crippen LogP contribution in [0.25, 0.3) is 0 Å². The standard InChI is InChI=1S/C10H5F4NO2S3/c11-6-1-2-7(19-9-15-3-4-18-9)8(5-6)20(16,17)10(12,13)14/h1-5H. The molecule has 0 saturated carbocycles. The van der Waals surface area contributed by atoms with Crippen molar-refractivity contribution in [2.24, 2.45) is 0 Å². The van der Waals surface area contributed by atoms with Gasteiger partial charge in [-0.2, -0.15) is 13.2 Å². The Bertz CT molecular complexity index is 711. The highest BCUT2D eigenvalue weighted by Gasteiger charge is 2.48. The van der Waals surface area contributed by atoms with Crippen molar-refractivity contribution in [1.29, 1.82) is 0 Å². The predicted octanol–water partition coefficient (Wildman–Crippen LogP) is 3.73. The Morgan fingerprint density at radius 3 is 2.50 bits per heavy atom. The second-order valence-electron chi connectivity index (χ2n) is 3.44. The first-order chi connectivity index (χ1) is 9.22. The molecule has 0 fully saturated rings. The molecule has 0 radical (unpaired) electrons. The van der Waals surface area contributed by atoms with Gasteiger partial charge in [-0.05, 0) is 18.2 Å². The van der Waals surface area contributed by atoms with E-state index in [-0.39, 0.29) is 4.90 Å². The SMILES string of the molecule is O=S(=O)(c1cc(F)ccc1Sc1nccs1)C(F)(F)F. The highest BCUT2D eigenvalue weighted by molar-refractivity contribution is 8.01. The maximum absolute atomic E-state index is 13.1. The molecule has 108 valence electrons. The lowest BCUT2D eigenvalue weighted by molar-refractivity contribution is -0.0437. The van der Waals surface area contributed by atoms with Crippen LogP contribution >= 0.6 is 23.1 Å². The van der Waals surface area contributed by atoms with Crippen LogP contribution in [0.1, 0.15) is 0 Å². The fourth-order valence-corrected chi connectivity index (χ4v) is 4.15. The van der Waals surface area contributed by atoms with Gasteiger partial charge in [-0.15, -0.1) is 11.3 Å². The number of sulfone groups is 1. The molecular formula is C10H5F4NO2S3. The van der Waals surface area contributed by atoms with Gasteiger partial charge in [0.15, 0.2) is 4.34 Å². The van der Waals surface area contributed by atoms with Crippen molar-refractivity contribution in [2.45, 2.75) is 19.6 Å². The number of aromatic nitrogens is 1. The van der Waals surface area contributed by atoms with E-state index in [0.29, 0.717) is 10.4 Å². The molecular weight excluding hydrogens is 338 g/mol. The lowest BCUT2D eigenvalue weighted by Crippen LogP contribution is -2.24. The number of nitrogens with zero attached hydrogens (tertiary/aromatic N) is 1. The van der Waals surface area contributed by atoms with Crippen LogP contribution in [0.15, 0.2) is 43.9 Å². The Kier molecular flexibility index (Phi) is 4.07. The second kappa shape index (κ2) is 5.34. The largest absolute Gasteiger partial charge is 0.501 e. The highest BCUT2D eigenvalue weighted by atomic mass is 32.2. The van der Waals surface area contributed by atoms with Gasteiger partial charge >= 0.3 is 5.51 Å². The molecule has 1 aromatic carbocycles. The molecule has 0 bridgehead atoms. The van der Waals surface area contributed by atoms with E-state index >= 15 is 0 Å². The molecule has 1 aromatic heterocycles. The summed E-state index contributed by atoms with van der Waals surface area (Å²) in [6, 6.07) is 2.24. The average molecular weight is 343 g/mol. The van der Waals surface area contributed by atoms with E-state index in [1.807, 2.05) is 0 Å². The summed E-state index contributed by atoms with van der Waals surface area (Å²) in [6.45, 7) is 0. The van der Waals surface area contributed by atoms with Crippen LogP contribution in [0.2, 0.25) is 0 Å². The molecule has 1 heterocycles. The molecule has 0 atom stereocenters. The summed E-state index contributed by atoms with van der Waals surface area (Å²) in [6.07, 6.45) is 1.43. The molecule has 0 amide bonds. The second-order valence-corrected chi connectivity index (χ2v) is 7.53. The number of alkyl halides is 3. The minimum absolute atomic E-state index is 0.223. The smallest absolute Gasteiger partial charge is 0.238 e. The van der Waals surface area contributed by atoms with Crippen molar-refractivity contribution in [1.82, 2.24) is 4.98 Å². The number of thiazole rings is 1. The Hall–Kier alpha value is -1.13. The number of hydrogen-bond donors (Lipinski definition) is 0. The first-order valence-electron chi connectivity index (χ1n) is 4.90. The van der Waals surface area contributed by atoms with E-state index in [4.69, 9.17) is 0 Å². The van der Waals surface area contributed by atoms with Gasteiger partial charge in [0, 0.05) is 16.5 Å². The molecule has 0 N–H and O–H groups in total. The average Bonchev–Trinajstić information content (AvgIpc) is 2.82. The van der Waals surface area contributed by atoms with Gasteiger partial charge in [-0.25, -0.2) is 17.8 Å². The fraction of sp³-hybridized carbons (Fsp3) is 0.100. The first kappa shape index (κ1) is 15.3. The van der Waals surface area contributed by atoms with Crippen LogP contribution in [0.5, 0.6) is 0 Å². The number of rotatable bonds is 3. The minimum atomic E-state index is -5.62. The van der Waals surface area contributed by atoms with Crippen molar-refractivity contribution in [2.75, 3.05) is 0 Å². The molecule has 0 aliphatic heterocycles. The lowest BCUT2D eigenvalue weighted by atomic mass is 10.3. The summed E-state index contributed by atoms with van der Waals surface area (Å²) in [7, 11) is -5.62. The Morgan fingerprint density at radius 1 is 1.25 bits per heavy atom. The molecule has 0 spiro atoms. The van der Waals surface area contributed by atoms with Gasteiger partial charge in [0.1, 0.15) is 5.82 Å². The lowest BCUT2D eigenvalue weighted by Gasteiger charge is -2.11. The highest BCUT2D eigenvalue weighted by Crippen LogP contribution is 2.39. The molecule has 0 aliphatic carbocycles. The monoisotopic (exact) mass is 343 g/mol. The van der Waals surface area contributed by atoms with E-state index in [1.165, 1.54) is 6.20 Å². The molecule has 0 unspecified atom stereocenters. The topological polar surface area (TPSA) is 47.0 Å². The van der Waals surface area contributed by atoms with Crippen molar-refractivity contribution in [3.05, 3.63) is 35.6 Å². The van der Waals surface area contributed by atoms with E-state index in [1.54, 1.807) is 5.38 Å². The van der Waals surface area contributed by atoms with Gasteiger partial charge < -0.3 is 0 Å². The zero-order valence-corrected chi connectivity index (χ0v) is 11.8. The van der Waals surface area contributed by atoms with Crippen molar-refractivity contribution >= 4 is 32.9 Å². The van der Waals surface area contributed by atoms with E-state index in [9.17, 15) is 26.0 Å². The third-order valence-corrected chi connectivity index (χ3v) is 5.72. The predicted molar refractivity (Wildman–Crippen MR) is 65.9 cm³/mol. The Labute approximate surface area is 119 Å². The van der Waals surface area contributed by atoms with E-state index in [0.717, 1.165) is 35.2 Å². The zero-order valence-electron chi connectivity index (χ0n) is 9.39. The summed E-state index contributed by atoms with van der Waals surface area (Å²) in [5.74, 6) is -1.06. The third-order valence-electron chi connectivity index (χ3n) is 2.11. The van der Waals surface area contributed by atoms with Crippen molar-refractivity contribution in [3.8, 4) is 0 Å². The minimum Gasteiger partial charge on any atom is -0.238 e. The van der Waals surface area contributed by atoms with Gasteiger partial charge in [0.2, 0.25) is 0 Å². The van der Waals surface area contributed by atoms with Gasteiger partial charge in [0.25, 0.3) is 9.84 Å². The number of benzene rings is 1. The Morgan fingerprint density at radius 2 is 1.95 bits per heavy atom. The molecule has 3 nitrogen and oxygen atoms in total. The summed E-state index contributed by atoms with van der Waals surface area (Å²) in [5, 5.41) is 1.59. The van der Waals surface area contributed by atoms with Gasteiger partial charge in [-0.1, -0.05) is 11.8 Å². The Balaban J connectivity index is 2.55. The maximum atomic E-state index is 13.1. The number of hydrogen-bond acceptors (Lipinski definition) is 5. The van der Waals surface area contributed by atoms with E-state index < -0.39 is 26.1 Å². The fourth-order valence-electron chi connectivity index (χ4n) is 1.26. The molecule has 2 aromatic rings. The van der Waals surface area contributed by atoms with Crippen LogP contribution in [0.3, 0.4) is 0 Å². The van der Waals surface area contributed by atoms with Crippen molar-refractivity contribution < 1.29 is 26.0 Å². The van der Waals surface area contributed by atoms with Crippen LogP contribution < -0.4 is 0 Å². The quantitative estimate of drug-likeness (QED) is 0.797. The van der Waals surface area contributed by atoms with E-state index in [2.05, 4.69) is 4.98 Å². The van der Waals surface area contributed by atoms with Gasteiger partial charge in [0.05, 0.1) is 4.90 Å². The molecule has 2 rings (SSSR count). The van der Waals surface area contributed by atoms with Crippen LogP contribution in [0.4, 0.5) is 17.6 Å². The van der Waals surface area contributed by atoms with Crippen molar-refractivity contribution in [3.63, 3.8) is 0 Å². The third kappa shape index (κ3) is 2.96. The zero-order chi connectivity index (χ0) is 15.0. The molecule has 20 heavy (non-hydrogen) atoms. The van der Waals surface area contributed by atoms with Crippen LogP contribution in [0, 0.1) is 5.82 Å². The molecule has 0 saturated heterocycles. The van der Waals surface area contributed by atoms with Crippen LogP contribution in [-0.2, 0) is 9.84 Å². The molecule has 10 heteroatoms. The molecule has 0 aliphatic rings. The first-order valence-corrected chi connectivity index (χ1v) is 8.08. The number of halogens is 4. The summed E-state index contributed by atoms with van der Waals surface area (Å²) < 4.78 is 74.0.